The van der Waals surface area contributed by atoms with Gasteiger partial charge in [0.05, 0.1) is 5.92 Å². The van der Waals surface area contributed by atoms with Crippen molar-refractivity contribution in [1.82, 2.24) is 0 Å². The molecule has 1 N–H and O–H groups in total. The van der Waals surface area contributed by atoms with Crippen LogP contribution in [0.2, 0.25) is 0 Å². The van der Waals surface area contributed by atoms with Crippen molar-refractivity contribution >= 4 is 23.3 Å². The van der Waals surface area contributed by atoms with Crippen molar-refractivity contribution in [2.75, 3.05) is 25.2 Å². The summed E-state index contributed by atoms with van der Waals surface area (Å²) in [5.74, 6) is -2.20. The molecular weight excluding hydrogens is 274 g/mol. The first kappa shape index (κ1) is 16.8. The first-order valence-corrected chi connectivity index (χ1v) is 6.50. The average Bonchev–Trinajstić information content (AvgIpc) is 2.44. The first-order valence-electron chi connectivity index (χ1n) is 6.50. The highest BCUT2D eigenvalue weighted by atomic mass is 16.5. The van der Waals surface area contributed by atoms with E-state index in [4.69, 9.17) is 9.84 Å². The van der Waals surface area contributed by atoms with Crippen LogP contribution >= 0.6 is 0 Å². The van der Waals surface area contributed by atoms with Gasteiger partial charge in [-0.25, -0.2) is 0 Å². The van der Waals surface area contributed by atoms with Crippen molar-refractivity contribution in [3.63, 3.8) is 0 Å². The van der Waals surface area contributed by atoms with Crippen molar-refractivity contribution in [2.24, 2.45) is 5.92 Å². The van der Waals surface area contributed by atoms with Gasteiger partial charge in [0.25, 0.3) is 5.91 Å². The smallest absolute Gasteiger partial charge is 0.308 e. The zero-order valence-corrected chi connectivity index (χ0v) is 12.3. The van der Waals surface area contributed by atoms with Crippen molar-refractivity contribution < 1.29 is 24.2 Å². The van der Waals surface area contributed by atoms with Gasteiger partial charge in [0, 0.05) is 24.9 Å². The Balaban J connectivity index is 3.10. The van der Waals surface area contributed by atoms with Crippen LogP contribution in [-0.4, -0.2) is 43.0 Å². The molecule has 0 saturated carbocycles. The lowest BCUT2D eigenvalue weighted by Crippen LogP contribution is -2.39. The van der Waals surface area contributed by atoms with Crippen LogP contribution in [0.4, 0.5) is 5.69 Å². The van der Waals surface area contributed by atoms with Crippen molar-refractivity contribution in [3.8, 4) is 0 Å². The fraction of sp³-hybridized carbons (Fsp3) is 0.400. The third kappa shape index (κ3) is 4.68. The van der Waals surface area contributed by atoms with Crippen molar-refractivity contribution in [2.45, 2.75) is 13.8 Å². The minimum Gasteiger partial charge on any atom is -0.481 e. The number of carbonyl (C=O) groups is 3. The second-order valence-electron chi connectivity index (χ2n) is 4.78. The Bertz CT molecular complexity index is 541. The average molecular weight is 293 g/mol. The molecule has 1 atom stereocenters. The summed E-state index contributed by atoms with van der Waals surface area (Å²) in [6.07, 6.45) is 0. The summed E-state index contributed by atoms with van der Waals surface area (Å²) in [6.45, 7) is 2.81. The highest BCUT2D eigenvalue weighted by molar-refractivity contribution is 5.98. The minimum atomic E-state index is -0.993. The van der Waals surface area contributed by atoms with E-state index in [1.165, 1.54) is 25.9 Å². The minimum absolute atomic E-state index is 0.0128. The molecule has 1 aromatic carbocycles. The summed E-state index contributed by atoms with van der Waals surface area (Å²) >= 11 is 0. The summed E-state index contributed by atoms with van der Waals surface area (Å²) in [5, 5.41) is 9.01. The number of hydrogen-bond acceptors (Lipinski definition) is 4. The molecule has 1 unspecified atom stereocenters. The SMILES string of the molecule is COCC(=O)N(CC(C)C(=O)O)c1cccc(C(C)=O)c1. The van der Waals surface area contributed by atoms with E-state index >= 15 is 0 Å². The van der Waals surface area contributed by atoms with Gasteiger partial charge in [0.2, 0.25) is 0 Å². The van der Waals surface area contributed by atoms with Gasteiger partial charge >= 0.3 is 5.97 Å². The van der Waals surface area contributed by atoms with E-state index in [0.717, 1.165) is 0 Å². The molecule has 6 nitrogen and oxygen atoms in total. The highest BCUT2D eigenvalue weighted by Crippen LogP contribution is 2.19. The lowest BCUT2D eigenvalue weighted by atomic mass is 10.1. The number of benzene rings is 1. The second-order valence-corrected chi connectivity index (χ2v) is 4.78. The van der Waals surface area contributed by atoms with Crippen molar-refractivity contribution in [1.29, 1.82) is 0 Å². The van der Waals surface area contributed by atoms with E-state index < -0.39 is 11.9 Å². The molecule has 0 aromatic heterocycles. The number of carboxylic acid groups (broad SMARTS) is 1. The molecular formula is C15H19NO5. The number of rotatable bonds is 7. The van der Waals surface area contributed by atoms with Crippen LogP contribution in [0.3, 0.4) is 0 Å². The Labute approximate surface area is 123 Å². The molecule has 0 radical (unpaired) electrons. The fourth-order valence-corrected chi connectivity index (χ4v) is 1.80. The van der Waals surface area contributed by atoms with Gasteiger partial charge in [-0.1, -0.05) is 19.1 Å². The van der Waals surface area contributed by atoms with Crippen LogP contribution in [0.1, 0.15) is 24.2 Å². The van der Waals surface area contributed by atoms with E-state index in [-0.39, 0.29) is 24.8 Å². The van der Waals surface area contributed by atoms with Gasteiger partial charge in [0.15, 0.2) is 5.78 Å². The Hall–Kier alpha value is -2.21. The molecule has 114 valence electrons. The predicted molar refractivity (Wildman–Crippen MR) is 77.5 cm³/mol. The second kappa shape index (κ2) is 7.54. The van der Waals surface area contributed by atoms with Crippen molar-refractivity contribution in [3.05, 3.63) is 29.8 Å². The number of nitrogens with zero attached hydrogens (tertiary/aromatic N) is 1. The molecule has 0 saturated heterocycles. The molecule has 1 rings (SSSR count). The van der Waals surface area contributed by atoms with Gasteiger partial charge in [-0.3, -0.25) is 14.4 Å². The topological polar surface area (TPSA) is 83.9 Å². The summed E-state index contributed by atoms with van der Waals surface area (Å²) in [6, 6.07) is 6.54. The fourth-order valence-electron chi connectivity index (χ4n) is 1.80. The molecule has 6 heteroatoms. The van der Waals surface area contributed by atoms with E-state index in [2.05, 4.69) is 0 Å². The predicted octanol–water partition coefficient (Wildman–Crippen LogP) is 1.59. The molecule has 21 heavy (non-hydrogen) atoms. The number of amides is 1. The first-order chi connectivity index (χ1) is 9.86. The maximum Gasteiger partial charge on any atom is 0.308 e. The standard InChI is InChI=1S/C15H19NO5/c1-10(15(19)20)8-16(14(18)9-21-3)13-6-4-5-12(7-13)11(2)17/h4-7,10H,8-9H2,1-3H3,(H,19,20). The number of Topliss-reactive ketones (excluding diaryl/α,β-unsaturated/α-hetero) is 1. The Morgan fingerprint density at radius 3 is 2.52 bits per heavy atom. The van der Waals surface area contributed by atoms with Gasteiger partial charge < -0.3 is 14.7 Å². The number of anilines is 1. The number of ketones is 1. The summed E-state index contributed by atoms with van der Waals surface area (Å²) in [7, 11) is 1.39. The summed E-state index contributed by atoms with van der Waals surface area (Å²) in [5.41, 5.74) is 0.948. The van der Waals surface area contributed by atoms with Crippen LogP contribution in [0.5, 0.6) is 0 Å². The zero-order chi connectivity index (χ0) is 16.0. The number of hydrogen-bond donors (Lipinski definition) is 1. The molecule has 1 amide bonds. The summed E-state index contributed by atoms with van der Waals surface area (Å²) in [4.78, 5) is 35.9. The van der Waals surface area contributed by atoms with Crippen LogP contribution in [0, 0.1) is 5.92 Å². The Kier molecular flexibility index (Phi) is 6.05. The number of carboxylic acids is 1. The van der Waals surface area contributed by atoms with Gasteiger partial charge in [-0.05, 0) is 19.1 Å². The van der Waals surface area contributed by atoms with E-state index in [1.54, 1.807) is 24.3 Å². The van der Waals surface area contributed by atoms with Gasteiger partial charge in [-0.15, -0.1) is 0 Å². The Morgan fingerprint density at radius 2 is 2.00 bits per heavy atom. The maximum atomic E-state index is 12.1. The Morgan fingerprint density at radius 1 is 1.33 bits per heavy atom. The normalized spacial score (nSPS) is 11.8. The number of aliphatic carboxylic acids is 1. The van der Waals surface area contributed by atoms with Crippen LogP contribution in [0.25, 0.3) is 0 Å². The quantitative estimate of drug-likeness (QED) is 0.772. The molecule has 0 aliphatic heterocycles. The molecule has 0 aliphatic rings. The molecule has 0 aliphatic carbocycles. The van der Waals surface area contributed by atoms with Crippen LogP contribution < -0.4 is 4.90 Å². The number of carbonyl (C=O) groups excluding carboxylic acids is 2. The molecule has 0 heterocycles. The van der Waals surface area contributed by atoms with Crippen LogP contribution in [0.15, 0.2) is 24.3 Å². The molecule has 0 spiro atoms. The molecule has 0 bridgehead atoms. The number of methoxy groups -OCH3 is 1. The molecule has 1 aromatic rings. The van der Waals surface area contributed by atoms with E-state index in [1.807, 2.05) is 0 Å². The largest absolute Gasteiger partial charge is 0.481 e. The third-order valence-corrected chi connectivity index (χ3v) is 3.01. The lowest BCUT2D eigenvalue weighted by molar-refractivity contribution is -0.140. The molecule has 0 fully saturated rings. The summed E-state index contributed by atoms with van der Waals surface area (Å²) < 4.78 is 4.82. The van der Waals surface area contributed by atoms with Crippen LogP contribution in [-0.2, 0) is 14.3 Å². The van der Waals surface area contributed by atoms with Gasteiger partial charge in [-0.2, -0.15) is 0 Å². The van der Waals surface area contributed by atoms with Gasteiger partial charge in [0.1, 0.15) is 6.61 Å². The van der Waals surface area contributed by atoms with E-state index in [0.29, 0.717) is 11.3 Å². The monoisotopic (exact) mass is 293 g/mol. The number of ether oxygens (including phenoxy) is 1. The highest BCUT2D eigenvalue weighted by Gasteiger charge is 2.22. The zero-order valence-electron chi connectivity index (χ0n) is 12.3. The van der Waals surface area contributed by atoms with E-state index in [9.17, 15) is 14.4 Å². The maximum absolute atomic E-state index is 12.1. The lowest BCUT2D eigenvalue weighted by Gasteiger charge is -2.24. The third-order valence-electron chi connectivity index (χ3n) is 3.01.